The summed E-state index contributed by atoms with van der Waals surface area (Å²) in [5.74, 6) is -2.50. The van der Waals surface area contributed by atoms with Gasteiger partial charge >= 0.3 is 5.51 Å². The van der Waals surface area contributed by atoms with Crippen molar-refractivity contribution < 1.29 is 45.0 Å². The van der Waals surface area contributed by atoms with Crippen molar-refractivity contribution in [2.75, 3.05) is 18.1 Å². The Morgan fingerprint density at radius 1 is 1.16 bits per heavy atom. The van der Waals surface area contributed by atoms with E-state index in [1.165, 1.54) is 4.90 Å². The van der Waals surface area contributed by atoms with E-state index < -0.39 is 68.7 Å². The first kappa shape index (κ1) is 22.9. The summed E-state index contributed by atoms with van der Waals surface area (Å²) in [6, 6.07) is 3.23. The summed E-state index contributed by atoms with van der Waals surface area (Å²) >= 11 is 0. The van der Waals surface area contributed by atoms with E-state index in [9.17, 15) is 45.0 Å². The second-order valence-corrected chi connectivity index (χ2v) is 9.64. The molecule has 1 unspecified atom stereocenters. The van der Waals surface area contributed by atoms with Gasteiger partial charge in [0.25, 0.3) is 9.84 Å². The van der Waals surface area contributed by atoms with Gasteiger partial charge in [-0.1, -0.05) is 0 Å². The van der Waals surface area contributed by atoms with Crippen LogP contribution in [0.25, 0.3) is 0 Å². The van der Waals surface area contributed by atoms with Crippen LogP contribution in [-0.2, 0) is 16.3 Å². The summed E-state index contributed by atoms with van der Waals surface area (Å²) < 4.78 is 106. The average Bonchev–Trinajstić information content (AvgIpc) is 3.00. The Bertz CT molecular complexity index is 1180. The van der Waals surface area contributed by atoms with Gasteiger partial charge in [0.1, 0.15) is 23.9 Å². The molecule has 174 valence electrons. The number of sulfone groups is 1. The molecule has 0 amide bonds. The highest BCUT2D eigenvalue weighted by Gasteiger charge is 2.51. The van der Waals surface area contributed by atoms with E-state index in [2.05, 4.69) is 0 Å². The third-order valence-electron chi connectivity index (χ3n) is 5.90. The molecule has 2 aromatic rings. The van der Waals surface area contributed by atoms with E-state index in [1.807, 2.05) is 0 Å². The Balaban J connectivity index is 1.95. The van der Waals surface area contributed by atoms with Gasteiger partial charge in [-0.05, 0) is 35.7 Å². The van der Waals surface area contributed by atoms with Gasteiger partial charge in [0.15, 0.2) is 0 Å². The summed E-state index contributed by atoms with van der Waals surface area (Å²) in [4.78, 5) is 0.0190. The largest absolute Gasteiger partial charge is 0.501 e. The average molecular weight is 481 g/mol. The van der Waals surface area contributed by atoms with Gasteiger partial charge in [-0.15, -0.1) is 0 Å². The van der Waals surface area contributed by atoms with Crippen molar-refractivity contribution in [3.05, 3.63) is 52.6 Å². The number of fused-ring (bicyclic) bond motifs is 2. The Morgan fingerprint density at radius 3 is 2.47 bits per heavy atom. The van der Waals surface area contributed by atoms with Crippen molar-refractivity contribution >= 4 is 21.2 Å². The molecule has 1 heterocycles. The number of halogens is 6. The number of anilines is 2. The fourth-order valence-electron chi connectivity index (χ4n) is 4.43. The topological polar surface area (TPSA) is 77.8 Å². The molecule has 0 spiro atoms. The second kappa shape index (κ2) is 7.63. The maximum atomic E-state index is 14.8. The van der Waals surface area contributed by atoms with Crippen LogP contribution in [-0.4, -0.2) is 43.5 Å². The molecule has 5 nitrogen and oxygen atoms in total. The van der Waals surface area contributed by atoms with Gasteiger partial charge in [-0.2, -0.15) is 13.2 Å². The number of benzene rings is 2. The molecule has 4 rings (SSSR count). The molecule has 2 aliphatic rings. The van der Waals surface area contributed by atoms with Crippen molar-refractivity contribution in [1.82, 2.24) is 0 Å². The van der Waals surface area contributed by atoms with E-state index in [4.69, 9.17) is 0 Å². The molecule has 12 heteroatoms. The van der Waals surface area contributed by atoms with E-state index in [0.717, 1.165) is 12.1 Å². The summed E-state index contributed by atoms with van der Waals surface area (Å²) in [5, 5.41) is 19.8. The van der Waals surface area contributed by atoms with Gasteiger partial charge in [0, 0.05) is 36.2 Å². The molecular weight excluding hydrogens is 464 g/mol. The number of hydrogen-bond acceptors (Lipinski definition) is 5. The van der Waals surface area contributed by atoms with Crippen LogP contribution in [0.5, 0.6) is 0 Å². The monoisotopic (exact) mass is 481 g/mol. The van der Waals surface area contributed by atoms with Crippen molar-refractivity contribution in [3.8, 4) is 0 Å². The van der Waals surface area contributed by atoms with Crippen molar-refractivity contribution in [2.24, 2.45) is 0 Å². The Labute approximate surface area is 178 Å². The lowest BCUT2D eigenvalue weighted by Gasteiger charge is -2.36. The maximum Gasteiger partial charge on any atom is 0.501 e. The minimum absolute atomic E-state index is 0.00322. The summed E-state index contributed by atoms with van der Waals surface area (Å²) in [5.41, 5.74) is -6.63. The maximum absolute atomic E-state index is 14.8. The Kier molecular flexibility index (Phi) is 5.45. The number of alkyl halides is 4. The van der Waals surface area contributed by atoms with Gasteiger partial charge in [0.2, 0.25) is 0 Å². The van der Waals surface area contributed by atoms with Gasteiger partial charge in [-0.3, -0.25) is 0 Å². The number of rotatable bonds is 3. The molecule has 32 heavy (non-hydrogen) atoms. The molecule has 0 radical (unpaired) electrons. The predicted octanol–water partition coefficient (Wildman–Crippen LogP) is 3.80. The summed E-state index contributed by atoms with van der Waals surface area (Å²) in [6.45, 7) is -0.374. The molecule has 3 atom stereocenters. The molecule has 0 saturated carbocycles. The molecule has 1 aliphatic heterocycles. The van der Waals surface area contributed by atoms with E-state index in [-0.39, 0.29) is 35.5 Å². The molecule has 2 N–H and O–H groups in total. The summed E-state index contributed by atoms with van der Waals surface area (Å²) in [7, 11) is -5.89. The van der Waals surface area contributed by atoms with Crippen LogP contribution in [0.15, 0.2) is 29.2 Å². The van der Waals surface area contributed by atoms with Crippen molar-refractivity contribution in [1.29, 1.82) is 0 Å². The zero-order chi connectivity index (χ0) is 23.6. The highest BCUT2D eigenvalue weighted by Crippen LogP contribution is 2.49. The van der Waals surface area contributed by atoms with E-state index in [0.29, 0.717) is 12.1 Å². The SMILES string of the molecule is O=S(=O)(c1ccc(N2CCC(CO)c3cc(F)cc(F)c32)c2c1[C@H](O)[C@H](F)C2)C(F)(F)F. The highest BCUT2D eigenvalue weighted by atomic mass is 32.2. The Morgan fingerprint density at radius 2 is 1.84 bits per heavy atom. The minimum Gasteiger partial charge on any atom is -0.396 e. The van der Waals surface area contributed by atoms with Gasteiger partial charge in [0.05, 0.1) is 17.2 Å². The number of aliphatic hydroxyl groups excluding tert-OH is 2. The van der Waals surface area contributed by atoms with Crippen molar-refractivity contribution in [3.63, 3.8) is 0 Å². The molecule has 0 aromatic heterocycles. The zero-order valence-corrected chi connectivity index (χ0v) is 17.0. The van der Waals surface area contributed by atoms with Crippen LogP contribution >= 0.6 is 0 Å². The lowest BCUT2D eigenvalue weighted by atomic mass is 9.89. The normalized spacial score (nSPS) is 23.2. The summed E-state index contributed by atoms with van der Waals surface area (Å²) in [6.07, 6.45) is -4.57. The molecule has 0 saturated heterocycles. The van der Waals surface area contributed by atoms with Gasteiger partial charge in [-0.25, -0.2) is 21.6 Å². The lowest BCUT2D eigenvalue weighted by Crippen LogP contribution is -2.31. The third kappa shape index (κ3) is 3.35. The van der Waals surface area contributed by atoms with Crippen molar-refractivity contribution in [2.45, 2.75) is 41.4 Å². The first-order valence-corrected chi connectivity index (χ1v) is 11.0. The molecule has 0 fully saturated rings. The number of aliphatic hydroxyl groups is 2. The molecule has 1 aliphatic carbocycles. The number of hydrogen-bond donors (Lipinski definition) is 2. The zero-order valence-electron chi connectivity index (χ0n) is 16.2. The van der Waals surface area contributed by atoms with Crippen LogP contribution in [0, 0.1) is 11.6 Å². The standard InChI is InChI=1S/C20H17F6NO4S/c21-10-5-11-9(8-28)3-4-27(18(11)13(22)6-10)15-1-2-16(32(30,31)20(24,25)26)17-12(15)7-14(23)19(17)29/h1-2,5-6,9,14,19,28-29H,3-4,7-8H2/t9?,14-,19-/m1/s1. The number of nitrogens with zero attached hydrogens (tertiary/aromatic N) is 1. The Hall–Kier alpha value is -2.31. The highest BCUT2D eigenvalue weighted by molar-refractivity contribution is 7.92. The first-order valence-electron chi connectivity index (χ1n) is 9.55. The quantitative estimate of drug-likeness (QED) is 0.653. The van der Waals surface area contributed by atoms with Crippen LogP contribution in [0.2, 0.25) is 0 Å². The fourth-order valence-corrected chi connectivity index (χ4v) is 5.46. The van der Waals surface area contributed by atoms with Crippen LogP contribution in [0.4, 0.5) is 37.7 Å². The third-order valence-corrected chi connectivity index (χ3v) is 7.45. The van der Waals surface area contributed by atoms with E-state index >= 15 is 0 Å². The fraction of sp³-hybridized carbons (Fsp3) is 0.400. The first-order chi connectivity index (χ1) is 14.9. The van der Waals surface area contributed by atoms with Crippen LogP contribution < -0.4 is 4.90 Å². The lowest BCUT2D eigenvalue weighted by molar-refractivity contribution is -0.0437. The molecular formula is C20H17F6NO4S. The van der Waals surface area contributed by atoms with Gasteiger partial charge < -0.3 is 15.1 Å². The van der Waals surface area contributed by atoms with E-state index in [1.54, 1.807) is 0 Å². The predicted molar refractivity (Wildman–Crippen MR) is 101 cm³/mol. The molecule has 0 bridgehead atoms. The van der Waals surface area contributed by atoms with Crippen LogP contribution in [0.3, 0.4) is 0 Å². The second-order valence-electron chi connectivity index (χ2n) is 7.73. The smallest absolute Gasteiger partial charge is 0.396 e. The minimum atomic E-state index is -5.89. The molecule has 2 aromatic carbocycles. The van der Waals surface area contributed by atoms with Crippen LogP contribution in [0.1, 0.15) is 35.1 Å².